The van der Waals surface area contributed by atoms with Crippen LogP contribution in [0.5, 0.6) is 5.75 Å². The molecule has 3 aromatic carbocycles. The van der Waals surface area contributed by atoms with Gasteiger partial charge in [-0.15, -0.1) is 11.8 Å². The molecule has 1 heterocycles. The maximum atomic E-state index is 12.8. The number of rotatable bonds is 7. The summed E-state index contributed by atoms with van der Waals surface area (Å²) >= 11 is 1.35. The number of hydrogen-bond donors (Lipinski definition) is 1. The fourth-order valence-electron chi connectivity index (χ4n) is 3.31. The minimum atomic E-state index is -0.469. The van der Waals surface area contributed by atoms with Crippen LogP contribution in [0.3, 0.4) is 0 Å². The van der Waals surface area contributed by atoms with Gasteiger partial charge in [-0.25, -0.2) is 4.90 Å². The van der Waals surface area contributed by atoms with Gasteiger partial charge in [0.2, 0.25) is 11.8 Å². The van der Waals surface area contributed by atoms with Gasteiger partial charge in [0, 0.05) is 17.0 Å². The Kier molecular flexibility index (Phi) is 6.56. The molecular formula is C25H22N2O4S. The Labute approximate surface area is 190 Å². The van der Waals surface area contributed by atoms with Gasteiger partial charge < -0.3 is 10.1 Å². The predicted molar refractivity (Wildman–Crippen MR) is 125 cm³/mol. The molecule has 1 aliphatic rings. The molecule has 0 aliphatic carbocycles. The zero-order valence-electron chi connectivity index (χ0n) is 17.5. The third kappa shape index (κ3) is 5.18. The summed E-state index contributed by atoms with van der Waals surface area (Å²) in [6.07, 6.45) is 0.159. The number of imide groups is 1. The second-order valence-electron chi connectivity index (χ2n) is 7.39. The van der Waals surface area contributed by atoms with Crippen molar-refractivity contribution in [3.05, 3.63) is 84.4 Å². The fraction of sp³-hybridized carbons (Fsp3) is 0.160. The summed E-state index contributed by atoms with van der Waals surface area (Å²) in [6, 6.07) is 23.7. The number of hydrogen-bond acceptors (Lipinski definition) is 5. The van der Waals surface area contributed by atoms with E-state index in [1.165, 1.54) is 16.7 Å². The van der Waals surface area contributed by atoms with E-state index in [9.17, 15) is 14.4 Å². The molecule has 6 nitrogen and oxygen atoms in total. The standard InChI is InChI=1S/C25H22N2O4S/c1-17-7-11-19(12-8-17)27-24(29)15-22(25(27)30)32-21-13-9-18(10-14-21)26-23(28)16-31-20-5-3-2-4-6-20/h2-14,22H,15-16H2,1H3,(H,26,28). The number of carbonyl (C=O) groups excluding carboxylic acids is 3. The zero-order valence-corrected chi connectivity index (χ0v) is 18.3. The molecule has 0 saturated carbocycles. The second-order valence-corrected chi connectivity index (χ2v) is 8.66. The van der Waals surface area contributed by atoms with Crippen molar-refractivity contribution in [3.63, 3.8) is 0 Å². The molecule has 1 fully saturated rings. The van der Waals surface area contributed by atoms with E-state index < -0.39 is 5.25 Å². The Hall–Kier alpha value is -3.58. The van der Waals surface area contributed by atoms with E-state index in [1.54, 1.807) is 36.4 Å². The molecule has 162 valence electrons. The first kappa shape index (κ1) is 21.6. The van der Waals surface area contributed by atoms with E-state index in [1.807, 2.05) is 49.4 Å². The van der Waals surface area contributed by atoms with Crippen LogP contribution in [0.1, 0.15) is 12.0 Å². The van der Waals surface area contributed by atoms with Gasteiger partial charge in [-0.3, -0.25) is 14.4 Å². The Morgan fingerprint density at radius 3 is 2.38 bits per heavy atom. The predicted octanol–water partition coefficient (Wildman–Crippen LogP) is 4.44. The van der Waals surface area contributed by atoms with Crippen molar-refractivity contribution in [3.8, 4) is 5.75 Å². The third-order valence-corrected chi connectivity index (χ3v) is 6.12. The molecule has 0 radical (unpaired) electrons. The molecule has 32 heavy (non-hydrogen) atoms. The Bertz CT molecular complexity index is 1110. The summed E-state index contributed by atoms with van der Waals surface area (Å²) in [5, 5.41) is 2.31. The average Bonchev–Trinajstić information content (AvgIpc) is 3.08. The van der Waals surface area contributed by atoms with Crippen molar-refractivity contribution in [1.29, 1.82) is 0 Å². The fourth-order valence-corrected chi connectivity index (χ4v) is 4.36. The molecule has 0 bridgehead atoms. The minimum Gasteiger partial charge on any atom is -0.484 e. The molecule has 1 N–H and O–H groups in total. The molecule has 0 aromatic heterocycles. The molecule has 4 rings (SSSR count). The largest absolute Gasteiger partial charge is 0.484 e. The van der Waals surface area contributed by atoms with Crippen LogP contribution in [-0.2, 0) is 14.4 Å². The van der Waals surface area contributed by atoms with Crippen molar-refractivity contribution in [2.45, 2.75) is 23.5 Å². The first-order chi connectivity index (χ1) is 15.5. The van der Waals surface area contributed by atoms with Crippen molar-refractivity contribution < 1.29 is 19.1 Å². The number of ether oxygens (including phenoxy) is 1. The highest BCUT2D eigenvalue weighted by atomic mass is 32.2. The number of carbonyl (C=O) groups is 3. The topological polar surface area (TPSA) is 75.7 Å². The number of anilines is 2. The van der Waals surface area contributed by atoms with E-state index in [2.05, 4.69) is 5.32 Å². The average molecular weight is 447 g/mol. The number of aryl methyl sites for hydroxylation is 1. The van der Waals surface area contributed by atoms with Gasteiger partial charge >= 0.3 is 0 Å². The van der Waals surface area contributed by atoms with Crippen LogP contribution in [0, 0.1) is 6.92 Å². The van der Waals surface area contributed by atoms with Crippen LogP contribution in [0.2, 0.25) is 0 Å². The Balaban J connectivity index is 1.32. The lowest BCUT2D eigenvalue weighted by Gasteiger charge is -2.15. The van der Waals surface area contributed by atoms with Crippen molar-refractivity contribution in [2.24, 2.45) is 0 Å². The monoisotopic (exact) mass is 446 g/mol. The maximum Gasteiger partial charge on any atom is 0.262 e. The third-order valence-electron chi connectivity index (χ3n) is 4.93. The smallest absolute Gasteiger partial charge is 0.262 e. The Morgan fingerprint density at radius 1 is 1.00 bits per heavy atom. The van der Waals surface area contributed by atoms with Crippen LogP contribution in [0.4, 0.5) is 11.4 Å². The molecule has 3 aromatic rings. The van der Waals surface area contributed by atoms with E-state index in [0.717, 1.165) is 10.5 Å². The molecule has 1 aliphatic heterocycles. The lowest BCUT2D eigenvalue weighted by Crippen LogP contribution is -2.31. The van der Waals surface area contributed by atoms with Crippen molar-refractivity contribution in [1.82, 2.24) is 0 Å². The molecule has 1 atom stereocenters. The first-order valence-electron chi connectivity index (χ1n) is 10.2. The van der Waals surface area contributed by atoms with Crippen LogP contribution in [0.15, 0.2) is 83.8 Å². The summed E-state index contributed by atoms with van der Waals surface area (Å²) in [7, 11) is 0. The van der Waals surface area contributed by atoms with Crippen molar-refractivity contribution in [2.75, 3.05) is 16.8 Å². The molecule has 1 saturated heterocycles. The summed E-state index contributed by atoms with van der Waals surface area (Å²) in [5.41, 5.74) is 2.30. The number of nitrogens with zero attached hydrogens (tertiary/aromatic N) is 1. The minimum absolute atomic E-state index is 0.0892. The van der Waals surface area contributed by atoms with Crippen molar-refractivity contribution >= 4 is 40.9 Å². The normalized spacial score (nSPS) is 15.7. The SMILES string of the molecule is Cc1ccc(N2C(=O)CC(Sc3ccc(NC(=O)COc4ccccc4)cc3)C2=O)cc1. The molecule has 3 amide bonds. The highest BCUT2D eigenvalue weighted by Crippen LogP contribution is 2.34. The number of nitrogens with one attached hydrogen (secondary N) is 1. The lowest BCUT2D eigenvalue weighted by atomic mass is 10.2. The number of para-hydroxylation sites is 1. The van der Waals surface area contributed by atoms with E-state index >= 15 is 0 Å². The number of amides is 3. The highest BCUT2D eigenvalue weighted by Gasteiger charge is 2.40. The summed E-state index contributed by atoms with van der Waals surface area (Å²) in [6.45, 7) is 1.87. The molecular weight excluding hydrogens is 424 g/mol. The maximum absolute atomic E-state index is 12.8. The lowest BCUT2D eigenvalue weighted by molar-refractivity contribution is -0.121. The summed E-state index contributed by atoms with van der Waals surface area (Å²) in [4.78, 5) is 39.5. The van der Waals surface area contributed by atoms with E-state index in [4.69, 9.17) is 4.74 Å². The molecule has 1 unspecified atom stereocenters. The van der Waals surface area contributed by atoms with Gasteiger partial charge in [-0.1, -0.05) is 35.9 Å². The molecule has 7 heteroatoms. The van der Waals surface area contributed by atoms with Crippen LogP contribution >= 0.6 is 11.8 Å². The van der Waals surface area contributed by atoms with Gasteiger partial charge in [0.25, 0.3) is 5.91 Å². The van der Waals surface area contributed by atoms with Gasteiger partial charge in [0.15, 0.2) is 6.61 Å². The van der Waals surface area contributed by atoms with Gasteiger partial charge in [0.05, 0.1) is 10.9 Å². The molecule has 0 spiro atoms. The van der Waals surface area contributed by atoms with Crippen LogP contribution in [0.25, 0.3) is 0 Å². The Morgan fingerprint density at radius 2 is 1.69 bits per heavy atom. The van der Waals surface area contributed by atoms with E-state index in [-0.39, 0.29) is 30.7 Å². The number of benzene rings is 3. The highest BCUT2D eigenvalue weighted by molar-refractivity contribution is 8.00. The quantitative estimate of drug-likeness (QED) is 0.543. The van der Waals surface area contributed by atoms with Crippen LogP contribution < -0.4 is 15.0 Å². The summed E-state index contributed by atoms with van der Waals surface area (Å²) in [5.74, 6) is -0.0395. The van der Waals surface area contributed by atoms with Gasteiger partial charge in [-0.05, 0) is 55.5 Å². The number of thioether (sulfide) groups is 1. The van der Waals surface area contributed by atoms with Gasteiger partial charge in [0.1, 0.15) is 5.75 Å². The first-order valence-corrected chi connectivity index (χ1v) is 11.1. The second kappa shape index (κ2) is 9.70. The van der Waals surface area contributed by atoms with E-state index in [0.29, 0.717) is 17.1 Å². The van der Waals surface area contributed by atoms with Gasteiger partial charge in [-0.2, -0.15) is 0 Å². The van der Waals surface area contributed by atoms with Crippen LogP contribution in [-0.4, -0.2) is 29.6 Å². The zero-order chi connectivity index (χ0) is 22.5. The summed E-state index contributed by atoms with van der Waals surface area (Å²) < 4.78 is 5.44.